The van der Waals surface area contributed by atoms with Crippen molar-refractivity contribution in [3.05, 3.63) is 35.9 Å². The van der Waals surface area contributed by atoms with Gasteiger partial charge in [0.25, 0.3) is 0 Å². The maximum atomic E-state index is 11.7. The smallest absolute Gasteiger partial charge is 0.235 e. The minimum atomic E-state index is -0.185. The number of benzene rings is 1. The summed E-state index contributed by atoms with van der Waals surface area (Å²) in [4.78, 5) is 21.7. The molecule has 0 aliphatic carbocycles. The van der Waals surface area contributed by atoms with Crippen molar-refractivity contribution in [1.29, 1.82) is 0 Å². The van der Waals surface area contributed by atoms with Crippen LogP contribution in [0.5, 0.6) is 0 Å². The van der Waals surface area contributed by atoms with Crippen LogP contribution in [0.25, 0.3) is 0 Å². The summed E-state index contributed by atoms with van der Waals surface area (Å²) in [6.45, 7) is 0.813. The summed E-state index contributed by atoms with van der Waals surface area (Å²) in [5, 5.41) is 12.0. The molecule has 0 spiro atoms. The highest BCUT2D eigenvalue weighted by molar-refractivity contribution is 5.77. The van der Waals surface area contributed by atoms with Crippen LogP contribution in [0.2, 0.25) is 0 Å². The van der Waals surface area contributed by atoms with Crippen LogP contribution in [0.4, 0.5) is 0 Å². The molecule has 0 bridgehead atoms. The third-order valence-corrected chi connectivity index (χ3v) is 2.87. The summed E-state index contributed by atoms with van der Waals surface area (Å²) >= 11 is 0. The second kappa shape index (κ2) is 11.8. The lowest BCUT2D eigenvalue weighted by atomic mass is 10.1. The number of amides is 1. The van der Waals surface area contributed by atoms with E-state index in [0.29, 0.717) is 13.0 Å². The van der Waals surface area contributed by atoms with Crippen molar-refractivity contribution in [3.8, 4) is 0 Å². The Balaban J connectivity index is 2.34. The zero-order valence-electron chi connectivity index (χ0n) is 12.8. The van der Waals surface area contributed by atoms with Gasteiger partial charge in [-0.2, -0.15) is 0 Å². The standard InChI is InChI=1S/C15H24N4O3/c1-16-11-18-14(9-13-5-3-2-4-6-13)17-10-15(21)19-12-22-8-7-20/h2-7,14,16-18H,8-12H2,1H3,(H,19,21). The molecule has 1 aromatic rings. The van der Waals surface area contributed by atoms with Crippen LogP contribution in [0.15, 0.2) is 30.3 Å². The molecule has 1 atom stereocenters. The molecule has 1 aromatic carbocycles. The lowest BCUT2D eigenvalue weighted by Gasteiger charge is -2.20. The molecular formula is C15H24N4O3. The number of hydrogen-bond donors (Lipinski definition) is 4. The summed E-state index contributed by atoms with van der Waals surface area (Å²) in [6, 6.07) is 10.0. The molecule has 7 nitrogen and oxygen atoms in total. The van der Waals surface area contributed by atoms with E-state index in [9.17, 15) is 9.59 Å². The quantitative estimate of drug-likeness (QED) is 0.230. The molecule has 0 saturated heterocycles. The van der Waals surface area contributed by atoms with Crippen molar-refractivity contribution in [3.63, 3.8) is 0 Å². The lowest BCUT2D eigenvalue weighted by molar-refractivity contribution is -0.123. The Labute approximate surface area is 130 Å². The zero-order valence-corrected chi connectivity index (χ0v) is 12.8. The van der Waals surface area contributed by atoms with E-state index >= 15 is 0 Å². The second-order valence-corrected chi connectivity index (χ2v) is 4.64. The molecular weight excluding hydrogens is 284 g/mol. The largest absolute Gasteiger partial charge is 0.354 e. The zero-order chi connectivity index (χ0) is 16.0. The van der Waals surface area contributed by atoms with E-state index in [0.717, 1.165) is 6.42 Å². The van der Waals surface area contributed by atoms with Crippen LogP contribution >= 0.6 is 0 Å². The predicted molar refractivity (Wildman–Crippen MR) is 84.0 cm³/mol. The highest BCUT2D eigenvalue weighted by atomic mass is 16.5. The average Bonchev–Trinajstić information content (AvgIpc) is 2.55. The fraction of sp³-hybridized carbons (Fsp3) is 0.467. The van der Waals surface area contributed by atoms with Crippen LogP contribution in [-0.4, -0.2) is 52.0 Å². The topological polar surface area (TPSA) is 91.5 Å². The number of ether oxygens (including phenoxy) is 1. The van der Waals surface area contributed by atoms with Crippen LogP contribution in [0.1, 0.15) is 5.56 Å². The summed E-state index contributed by atoms with van der Waals surface area (Å²) in [7, 11) is 1.85. The van der Waals surface area contributed by atoms with E-state index in [-0.39, 0.29) is 32.0 Å². The molecule has 122 valence electrons. The van der Waals surface area contributed by atoms with E-state index in [1.165, 1.54) is 5.56 Å². The third kappa shape index (κ3) is 8.48. The van der Waals surface area contributed by atoms with Crippen LogP contribution < -0.4 is 21.3 Å². The maximum Gasteiger partial charge on any atom is 0.235 e. The summed E-state index contributed by atoms with van der Waals surface area (Å²) in [6.07, 6.45) is 1.37. The minimum Gasteiger partial charge on any atom is -0.354 e. The molecule has 0 aliphatic rings. The average molecular weight is 308 g/mol. The molecule has 4 N–H and O–H groups in total. The fourth-order valence-corrected chi connectivity index (χ4v) is 1.81. The fourth-order valence-electron chi connectivity index (χ4n) is 1.81. The summed E-state index contributed by atoms with van der Waals surface area (Å²) in [5.74, 6) is -0.185. The number of nitrogens with one attached hydrogen (secondary N) is 4. The second-order valence-electron chi connectivity index (χ2n) is 4.64. The molecule has 1 rings (SSSR count). The van der Waals surface area contributed by atoms with Gasteiger partial charge in [0.15, 0.2) is 0 Å². The number of carbonyl (C=O) groups is 2. The molecule has 1 amide bonds. The minimum absolute atomic E-state index is 0.0198. The van der Waals surface area contributed by atoms with Crippen molar-refractivity contribution in [2.45, 2.75) is 12.6 Å². The van der Waals surface area contributed by atoms with Crippen molar-refractivity contribution in [1.82, 2.24) is 21.3 Å². The van der Waals surface area contributed by atoms with E-state index in [2.05, 4.69) is 21.3 Å². The van der Waals surface area contributed by atoms with Crippen LogP contribution in [0.3, 0.4) is 0 Å². The molecule has 22 heavy (non-hydrogen) atoms. The van der Waals surface area contributed by atoms with Crippen molar-refractivity contribution < 1.29 is 14.3 Å². The first-order valence-corrected chi connectivity index (χ1v) is 7.19. The summed E-state index contributed by atoms with van der Waals surface area (Å²) in [5.41, 5.74) is 1.18. The normalized spacial score (nSPS) is 11.9. The molecule has 0 aliphatic heterocycles. The van der Waals surface area contributed by atoms with Crippen LogP contribution in [0, 0.1) is 0 Å². The van der Waals surface area contributed by atoms with Gasteiger partial charge in [0.05, 0.1) is 12.7 Å². The summed E-state index contributed by atoms with van der Waals surface area (Å²) < 4.78 is 4.87. The van der Waals surface area contributed by atoms with Gasteiger partial charge in [-0.3, -0.25) is 15.4 Å². The lowest BCUT2D eigenvalue weighted by Crippen LogP contribution is -2.50. The third-order valence-electron chi connectivity index (χ3n) is 2.87. The van der Waals surface area contributed by atoms with Crippen molar-refractivity contribution in [2.75, 3.05) is 33.6 Å². The van der Waals surface area contributed by atoms with Gasteiger partial charge in [-0.05, 0) is 12.6 Å². The van der Waals surface area contributed by atoms with E-state index in [4.69, 9.17) is 4.74 Å². The van der Waals surface area contributed by atoms with Crippen molar-refractivity contribution in [2.24, 2.45) is 0 Å². The van der Waals surface area contributed by atoms with Gasteiger partial charge in [0.2, 0.25) is 5.91 Å². The first kappa shape index (κ1) is 18.2. The molecule has 0 heterocycles. The van der Waals surface area contributed by atoms with Gasteiger partial charge in [-0.15, -0.1) is 0 Å². The van der Waals surface area contributed by atoms with E-state index < -0.39 is 0 Å². The maximum absolute atomic E-state index is 11.7. The van der Waals surface area contributed by atoms with E-state index in [1.54, 1.807) is 0 Å². The monoisotopic (exact) mass is 308 g/mol. The van der Waals surface area contributed by atoms with Gasteiger partial charge in [0.1, 0.15) is 19.6 Å². The number of carbonyl (C=O) groups excluding carboxylic acids is 2. The van der Waals surface area contributed by atoms with Crippen LogP contribution in [-0.2, 0) is 20.7 Å². The highest BCUT2D eigenvalue weighted by Crippen LogP contribution is 2.01. The number of hydrogen-bond acceptors (Lipinski definition) is 6. The Morgan fingerprint density at radius 3 is 2.73 bits per heavy atom. The molecule has 0 radical (unpaired) electrons. The molecule has 0 fully saturated rings. The van der Waals surface area contributed by atoms with Gasteiger partial charge >= 0.3 is 0 Å². The predicted octanol–water partition coefficient (Wildman–Crippen LogP) is -0.799. The SMILES string of the molecule is CNCNC(Cc1ccccc1)NCC(=O)NCOCC=O. The Morgan fingerprint density at radius 1 is 1.27 bits per heavy atom. The highest BCUT2D eigenvalue weighted by Gasteiger charge is 2.10. The number of rotatable bonds is 12. The number of aldehydes is 1. The van der Waals surface area contributed by atoms with E-state index in [1.807, 2.05) is 37.4 Å². The van der Waals surface area contributed by atoms with Gasteiger partial charge < -0.3 is 20.2 Å². The van der Waals surface area contributed by atoms with Gasteiger partial charge in [-0.25, -0.2) is 0 Å². The molecule has 0 saturated carbocycles. The molecule has 0 aromatic heterocycles. The first-order valence-electron chi connectivity index (χ1n) is 7.19. The Bertz CT molecular complexity index is 428. The Morgan fingerprint density at radius 2 is 2.05 bits per heavy atom. The Kier molecular flexibility index (Phi) is 9.80. The van der Waals surface area contributed by atoms with Crippen molar-refractivity contribution >= 4 is 12.2 Å². The Hall–Kier alpha value is -1.80. The molecule has 1 unspecified atom stereocenters. The van der Waals surface area contributed by atoms with Gasteiger partial charge in [-0.1, -0.05) is 30.3 Å². The first-order chi connectivity index (χ1) is 10.8. The molecule has 7 heteroatoms. The van der Waals surface area contributed by atoms with Gasteiger partial charge in [0, 0.05) is 13.1 Å².